The number of carbonyl (C=O) groups is 3. The smallest absolute Gasteiger partial charge is 0.311 e. The Morgan fingerprint density at radius 2 is 2.14 bits per heavy atom. The molecule has 1 heterocycles. The molecule has 7 heteroatoms. The first kappa shape index (κ1) is 15.3. The molecule has 1 unspecified atom stereocenters. The average molecular weight is 311 g/mol. The van der Waals surface area contributed by atoms with E-state index in [1.54, 1.807) is 18.2 Å². The maximum Gasteiger partial charge on any atom is 0.311 e. The summed E-state index contributed by atoms with van der Waals surface area (Å²) < 4.78 is 4.66. The summed E-state index contributed by atoms with van der Waals surface area (Å²) in [5, 5.41) is 2.85. The van der Waals surface area contributed by atoms with Crippen LogP contribution in [0.1, 0.15) is 16.8 Å². The molecule has 0 spiro atoms. The van der Waals surface area contributed by atoms with Crippen LogP contribution in [0.25, 0.3) is 0 Å². The van der Waals surface area contributed by atoms with Crippen LogP contribution in [0.2, 0.25) is 5.02 Å². The number of methoxy groups -OCH3 is 1. The van der Waals surface area contributed by atoms with Crippen LogP contribution in [-0.4, -0.2) is 38.5 Å². The molecule has 21 heavy (non-hydrogen) atoms. The van der Waals surface area contributed by atoms with E-state index in [4.69, 9.17) is 11.6 Å². The zero-order valence-corrected chi connectivity index (χ0v) is 12.4. The summed E-state index contributed by atoms with van der Waals surface area (Å²) in [6.07, 6.45) is 0.0766. The molecular weight excluding hydrogens is 296 g/mol. The number of rotatable bonds is 3. The van der Waals surface area contributed by atoms with Gasteiger partial charge in [-0.05, 0) is 18.2 Å². The summed E-state index contributed by atoms with van der Waals surface area (Å²) in [4.78, 5) is 36.7. The number of halogens is 1. The van der Waals surface area contributed by atoms with E-state index in [1.165, 1.54) is 19.1 Å². The second-order valence-electron chi connectivity index (χ2n) is 4.67. The third kappa shape index (κ3) is 3.00. The summed E-state index contributed by atoms with van der Waals surface area (Å²) in [6.45, 7) is 0.197. The molecule has 0 bridgehead atoms. The van der Waals surface area contributed by atoms with Crippen LogP contribution < -0.4 is 10.2 Å². The molecule has 112 valence electrons. The highest BCUT2D eigenvalue weighted by molar-refractivity contribution is 6.34. The van der Waals surface area contributed by atoms with Gasteiger partial charge >= 0.3 is 5.97 Å². The van der Waals surface area contributed by atoms with Gasteiger partial charge < -0.3 is 15.0 Å². The molecular formula is C14H15ClN2O4. The van der Waals surface area contributed by atoms with E-state index in [0.717, 1.165) is 0 Å². The normalized spacial score (nSPS) is 17.8. The summed E-state index contributed by atoms with van der Waals surface area (Å²) in [6, 6.07) is 4.67. The van der Waals surface area contributed by atoms with E-state index in [9.17, 15) is 14.4 Å². The largest absolute Gasteiger partial charge is 0.469 e. The number of hydrogen-bond acceptors (Lipinski definition) is 4. The van der Waals surface area contributed by atoms with Gasteiger partial charge in [-0.1, -0.05) is 11.6 Å². The fraction of sp³-hybridized carbons (Fsp3) is 0.357. The highest BCUT2D eigenvalue weighted by Gasteiger charge is 2.36. The molecule has 1 aromatic carbocycles. The van der Waals surface area contributed by atoms with Crippen molar-refractivity contribution in [1.29, 1.82) is 0 Å². The molecule has 2 rings (SSSR count). The summed E-state index contributed by atoms with van der Waals surface area (Å²) >= 11 is 6.11. The number of esters is 1. The molecule has 6 nitrogen and oxygen atoms in total. The quantitative estimate of drug-likeness (QED) is 0.852. The number of amides is 2. The average Bonchev–Trinajstić information content (AvgIpc) is 2.88. The maximum atomic E-state index is 12.1. The van der Waals surface area contributed by atoms with Crippen LogP contribution in [0.3, 0.4) is 0 Å². The van der Waals surface area contributed by atoms with Gasteiger partial charge in [0.1, 0.15) is 0 Å². The van der Waals surface area contributed by atoms with E-state index >= 15 is 0 Å². The molecule has 1 aliphatic rings. The van der Waals surface area contributed by atoms with E-state index in [2.05, 4.69) is 10.1 Å². The Morgan fingerprint density at radius 1 is 1.43 bits per heavy atom. The van der Waals surface area contributed by atoms with Gasteiger partial charge in [0.05, 0.1) is 23.7 Å². The minimum absolute atomic E-state index is 0.0766. The zero-order chi connectivity index (χ0) is 15.6. The number of carbonyl (C=O) groups excluding carboxylic acids is 3. The van der Waals surface area contributed by atoms with Crippen molar-refractivity contribution >= 4 is 35.1 Å². The molecule has 1 aromatic rings. The first-order chi connectivity index (χ1) is 9.97. The van der Waals surface area contributed by atoms with Gasteiger partial charge in [-0.15, -0.1) is 0 Å². The molecule has 0 aliphatic carbocycles. The predicted molar refractivity (Wildman–Crippen MR) is 77.3 cm³/mol. The molecule has 1 aliphatic heterocycles. The molecule has 1 atom stereocenters. The Kier molecular flexibility index (Phi) is 4.47. The van der Waals surface area contributed by atoms with Gasteiger partial charge in [0.2, 0.25) is 5.91 Å². The third-order valence-corrected chi connectivity index (χ3v) is 3.71. The van der Waals surface area contributed by atoms with Crippen molar-refractivity contribution in [2.75, 3.05) is 25.6 Å². The lowest BCUT2D eigenvalue weighted by atomic mass is 10.1. The maximum absolute atomic E-state index is 12.1. The van der Waals surface area contributed by atoms with Crippen molar-refractivity contribution in [1.82, 2.24) is 5.32 Å². The highest BCUT2D eigenvalue weighted by atomic mass is 35.5. The summed E-state index contributed by atoms with van der Waals surface area (Å²) in [7, 11) is 2.81. The van der Waals surface area contributed by atoms with Gasteiger partial charge in [0, 0.05) is 25.6 Å². The van der Waals surface area contributed by atoms with Gasteiger partial charge in [0.15, 0.2) is 0 Å². The number of nitrogens with zero attached hydrogens (tertiary/aromatic N) is 1. The van der Waals surface area contributed by atoms with E-state index in [-0.39, 0.29) is 24.8 Å². The van der Waals surface area contributed by atoms with Crippen LogP contribution >= 0.6 is 11.6 Å². The van der Waals surface area contributed by atoms with Crippen LogP contribution in [0, 0.1) is 5.92 Å². The second-order valence-corrected chi connectivity index (χ2v) is 5.08. The first-order valence-corrected chi connectivity index (χ1v) is 6.75. The summed E-state index contributed by atoms with van der Waals surface area (Å²) in [5.74, 6) is -1.43. The SMILES string of the molecule is CNC(=O)c1ccc(Cl)c(N2CC(C(=O)OC)CC2=O)c1. The lowest BCUT2D eigenvalue weighted by Gasteiger charge is -2.18. The minimum atomic E-state index is -0.512. The topological polar surface area (TPSA) is 75.7 Å². The van der Waals surface area contributed by atoms with Gasteiger partial charge in [-0.2, -0.15) is 0 Å². The minimum Gasteiger partial charge on any atom is -0.469 e. The second kappa shape index (κ2) is 6.13. The van der Waals surface area contributed by atoms with Gasteiger partial charge in [-0.25, -0.2) is 0 Å². The number of ether oxygens (including phenoxy) is 1. The van der Waals surface area contributed by atoms with Crippen molar-refractivity contribution < 1.29 is 19.1 Å². The molecule has 0 aromatic heterocycles. The molecule has 0 radical (unpaired) electrons. The Bertz CT molecular complexity index is 603. The van der Waals surface area contributed by atoms with Crippen LogP contribution in [-0.2, 0) is 14.3 Å². The molecule has 1 N–H and O–H groups in total. The van der Waals surface area contributed by atoms with E-state index < -0.39 is 11.9 Å². The number of benzene rings is 1. The molecule has 0 saturated carbocycles. The predicted octanol–water partition coefficient (Wildman–Crippen LogP) is 1.23. The Hall–Kier alpha value is -2.08. The standard InChI is InChI=1S/C14H15ClN2O4/c1-16-13(19)8-3-4-10(15)11(5-8)17-7-9(6-12(17)18)14(20)21-2/h3-5,9H,6-7H2,1-2H3,(H,16,19). The fourth-order valence-electron chi connectivity index (χ4n) is 2.27. The number of nitrogens with one attached hydrogen (secondary N) is 1. The molecule has 1 saturated heterocycles. The monoisotopic (exact) mass is 310 g/mol. The Morgan fingerprint density at radius 3 is 2.76 bits per heavy atom. The third-order valence-electron chi connectivity index (χ3n) is 3.39. The van der Waals surface area contributed by atoms with Gasteiger partial charge in [0.25, 0.3) is 5.91 Å². The van der Waals surface area contributed by atoms with Crippen molar-refractivity contribution in [3.05, 3.63) is 28.8 Å². The van der Waals surface area contributed by atoms with Crippen LogP contribution in [0.5, 0.6) is 0 Å². The first-order valence-electron chi connectivity index (χ1n) is 6.37. The van der Waals surface area contributed by atoms with Gasteiger partial charge in [-0.3, -0.25) is 14.4 Å². The number of hydrogen-bond donors (Lipinski definition) is 1. The highest BCUT2D eigenvalue weighted by Crippen LogP contribution is 2.32. The van der Waals surface area contributed by atoms with Crippen molar-refractivity contribution in [3.8, 4) is 0 Å². The lowest BCUT2D eigenvalue weighted by molar-refractivity contribution is -0.145. The van der Waals surface area contributed by atoms with Crippen molar-refractivity contribution in [2.24, 2.45) is 5.92 Å². The number of anilines is 1. The van der Waals surface area contributed by atoms with Crippen LogP contribution in [0.4, 0.5) is 5.69 Å². The molecule has 1 fully saturated rings. The zero-order valence-electron chi connectivity index (χ0n) is 11.7. The molecule has 2 amide bonds. The van der Waals surface area contributed by atoms with Crippen LogP contribution in [0.15, 0.2) is 18.2 Å². The fourth-order valence-corrected chi connectivity index (χ4v) is 2.49. The lowest BCUT2D eigenvalue weighted by Crippen LogP contribution is -2.27. The van der Waals surface area contributed by atoms with Crippen molar-refractivity contribution in [2.45, 2.75) is 6.42 Å². The van der Waals surface area contributed by atoms with E-state index in [1.807, 2.05) is 0 Å². The summed E-state index contributed by atoms with van der Waals surface area (Å²) in [5.41, 5.74) is 0.820. The van der Waals surface area contributed by atoms with E-state index in [0.29, 0.717) is 16.3 Å². The Balaban J connectivity index is 2.31. The van der Waals surface area contributed by atoms with Crippen molar-refractivity contribution in [3.63, 3.8) is 0 Å². The Labute approximate surface area is 127 Å².